The van der Waals surface area contributed by atoms with Crippen LogP contribution in [0.3, 0.4) is 0 Å². The number of anilines is 1. The molecule has 0 aromatic heterocycles. The number of carbonyl (C=O) groups is 4. The Morgan fingerprint density at radius 1 is 1.07 bits per heavy atom. The molecule has 0 fully saturated rings. The summed E-state index contributed by atoms with van der Waals surface area (Å²) < 4.78 is 0. The van der Waals surface area contributed by atoms with Gasteiger partial charge >= 0.3 is 12.0 Å². The number of carboxylic acids is 1. The van der Waals surface area contributed by atoms with Crippen molar-refractivity contribution < 1.29 is 24.3 Å². The van der Waals surface area contributed by atoms with Gasteiger partial charge in [-0.3, -0.25) is 9.59 Å². The molecule has 0 saturated heterocycles. The van der Waals surface area contributed by atoms with Crippen molar-refractivity contribution in [2.24, 2.45) is 11.7 Å². The molecule has 10 nitrogen and oxygen atoms in total. The van der Waals surface area contributed by atoms with Gasteiger partial charge in [0.2, 0.25) is 5.91 Å². The van der Waals surface area contributed by atoms with Crippen LogP contribution in [0.5, 0.6) is 0 Å². The molecular formula is C18H27N5O5. The van der Waals surface area contributed by atoms with Crippen molar-refractivity contribution in [3.8, 4) is 0 Å². The lowest BCUT2D eigenvalue weighted by molar-refractivity contribution is -0.142. The SMILES string of the molecule is CC(C)C(NC(=O)c1ccc(N)cc1)C(=O)N[C@@H](CCCNC(N)=O)C(=O)O. The number of hydrogen-bond donors (Lipinski definition) is 6. The van der Waals surface area contributed by atoms with Gasteiger partial charge in [0.05, 0.1) is 0 Å². The Morgan fingerprint density at radius 3 is 2.18 bits per heavy atom. The maximum absolute atomic E-state index is 12.6. The molecule has 0 heterocycles. The van der Waals surface area contributed by atoms with Gasteiger partial charge in [0.1, 0.15) is 12.1 Å². The van der Waals surface area contributed by atoms with Crippen LogP contribution >= 0.6 is 0 Å². The van der Waals surface area contributed by atoms with Crippen LogP contribution in [0.25, 0.3) is 0 Å². The van der Waals surface area contributed by atoms with E-state index in [0.717, 1.165) is 0 Å². The first-order valence-electron chi connectivity index (χ1n) is 8.84. The van der Waals surface area contributed by atoms with Crippen LogP contribution in [0.15, 0.2) is 24.3 Å². The number of aliphatic carboxylic acids is 1. The van der Waals surface area contributed by atoms with Crippen LogP contribution in [-0.4, -0.2) is 47.5 Å². The molecule has 0 spiro atoms. The average Bonchev–Trinajstić information content (AvgIpc) is 2.61. The Bertz CT molecular complexity index is 705. The van der Waals surface area contributed by atoms with E-state index in [9.17, 15) is 24.3 Å². The summed E-state index contributed by atoms with van der Waals surface area (Å²) >= 11 is 0. The minimum atomic E-state index is -1.21. The highest BCUT2D eigenvalue weighted by molar-refractivity contribution is 5.98. The van der Waals surface area contributed by atoms with Crippen molar-refractivity contribution in [1.82, 2.24) is 16.0 Å². The minimum Gasteiger partial charge on any atom is -0.480 e. The van der Waals surface area contributed by atoms with Gasteiger partial charge in [0.15, 0.2) is 0 Å². The third kappa shape index (κ3) is 7.52. The van der Waals surface area contributed by atoms with E-state index < -0.39 is 35.9 Å². The van der Waals surface area contributed by atoms with Crippen LogP contribution in [0.4, 0.5) is 10.5 Å². The monoisotopic (exact) mass is 393 g/mol. The first-order valence-corrected chi connectivity index (χ1v) is 8.84. The lowest BCUT2D eigenvalue weighted by Crippen LogP contribution is -2.53. The number of amides is 4. The second-order valence-electron chi connectivity index (χ2n) is 6.65. The van der Waals surface area contributed by atoms with Crippen molar-refractivity contribution in [1.29, 1.82) is 0 Å². The third-order valence-electron chi connectivity index (χ3n) is 3.99. The van der Waals surface area contributed by atoms with Crippen molar-refractivity contribution in [3.05, 3.63) is 29.8 Å². The number of carboxylic acid groups (broad SMARTS) is 1. The van der Waals surface area contributed by atoms with Gasteiger partial charge < -0.3 is 32.5 Å². The van der Waals surface area contributed by atoms with Gasteiger partial charge in [0, 0.05) is 17.8 Å². The van der Waals surface area contributed by atoms with E-state index in [4.69, 9.17) is 11.5 Å². The number of hydrogen-bond acceptors (Lipinski definition) is 5. The largest absolute Gasteiger partial charge is 0.480 e. The van der Waals surface area contributed by atoms with Gasteiger partial charge in [-0.2, -0.15) is 0 Å². The van der Waals surface area contributed by atoms with E-state index in [1.807, 2.05) is 0 Å². The van der Waals surface area contributed by atoms with E-state index in [2.05, 4.69) is 16.0 Å². The van der Waals surface area contributed by atoms with Crippen LogP contribution in [0.2, 0.25) is 0 Å². The molecule has 2 atom stereocenters. The van der Waals surface area contributed by atoms with Crippen molar-refractivity contribution >= 4 is 29.5 Å². The first kappa shape index (κ1) is 22.7. The van der Waals surface area contributed by atoms with Gasteiger partial charge in [-0.25, -0.2) is 9.59 Å². The van der Waals surface area contributed by atoms with Crippen LogP contribution in [0, 0.1) is 5.92 Å². The van der Waals surface area contributed by atoms with Crippen molar-refractivity contribution in [2.75, 3.05) is 12.3 Å². The number of nitrogen functional groups attached to an aromatic ring is 1. The molecule has 10 heteroatoms. The second-order valence-corrected chi connectivity index (χ2v) is 6.65. The molecule has 4 amide bonds. The second kappa shape index (κ2) is 10.8. The lowest BCUT2D eigenvalue weighted by Gasteiger charge is -2.24. The predicted octanol–water partition coefficient (Wildman–Crippen LogP) is 0.0411. The van der Waals surface area contributed by atoms with Crippen molar-refractivity contribution in [2.45, 2.75) is 38.8 Å². The molecule has 0 aliphatic carbocycles. The summed E-state index contributed by atoms with van der Waals surface area (Å²) in [7, 11) is 0. The maximum atomic E-state index is 12.6. The molecule has 1 aromatic rings. The summed E-state index contributed by atoms with van der Waals surface area (Å²) in [6.07, 6.45) is 0.405. The van der Waals surface area contributed by atoms with Crippen LogP contribution in [-0.2, 0) is 9.59 Å². The highest BCUT2D eigenvalue weighted by Crippen LogP contribution is 2.09. The molecule has 0 bridgehead atoms. The number of benzene rings is 1. The number of nitrogens with one attached hydrogen (secondary N) is 3. The van der Waals surface area contributed by atoms with E-state index in [0.29, 0.717) is 17.7 Å². The Hall–Kier alpha value is -3.30. The normalized spacial score (nSPS) is 12.7. The molecule has 154 valence electrons. The van der Waals surface area contributed by atoms with Gasteiger partial charge in [-0.1, -0.05) is 13.8 Å². The van der Waals surface area contributed by atoms with E-state index in [-0.39, 0.29) is 18.9 Å². The zero-order chi connectivity index (χ0) is 21.3. The Morgan fingerprint density at radius 2 is 1.68 bits per heavy atom. The summed E-state index contributed by atoms with van der Waals surface area (Å²) in [5.41, 5.74) is 11.4. The predicted molar refractivity (Wildman–Crippen MR) is 103 cm³/mol. The average molecular weight is 393 g/mol. The number of urea groups is 1. The van der Waals surface area contributed by atoms with Crippen LogP contribution in [0.1, 0.15) is 37.0 Å². The summed E-state index contributed by atoms with van der Waals surface area (Å²) in [5.74, 6) is -2.55. The van der Waals surface area contributed by atoms with Gasteiger partial charge in [-0.15, -0.1) is 0 Å². The highest BCUT2D eigenvalue weighted by Gasteiger charge is 2.28. The smallest absolute Gasteiger partial charge is 0.326 e. The van der Waals surface area contributed by atoms with E-state index >= 15 is 0 Å². The summed E-state index contributed by atoms with van der Waals surface area (Å²) in [5, 5.41) is 16.7. The standard InChI is InChI=1S/C18H27N5O5/c1-10(2)14(23-15(24)11-5-7-12(19)8-6-11)16(25)22-13(17(26)27)4-3-9-21-18(20)28/h5-8,10,13-14H,3-4,9,19H2,1-2H3,(H,22,25)(H,23,24)(H,26,27)(H3,20,21,28)/t13-,14?/m0/s1. The number of carbonyl (C=O) groups excluding carboxylic acids is 3. The van der Waals surface area contributed by atoms with Gasteiger partial charge in [0.25, 0.3) is 5.91 Å². The fourth-order valence-electron chi connectivity index (χ4n) is 2.43. The summed E-state index contributed by atoms with van der Waals surface area (Å²) in [6, 6.07) is 3.42. The summed E-state index contributed by atoms with van der Waals surface area (Å²) in [6.45, 7) is 3.66. The maximum Gasteiger partial charge on any atom is 0.326 e. The van der Waals surface area contributed by atoms with E-state index in [1.165, 1.54) is 12.1 Å². The Labute approximate surface area is 163 Å². The first-order chi connectivity index (χ1) is 13.1. The molecule has 1 rings (SSSR count). The highest BCUT2D eigenvalue weighted by atomic mass is 16.4. The molecule has 28 heavy (non-hydrogen) atoms. The Kier molecular flexibility index (Phi) is 8.73. The number of nitrogens with two attached hydrogens (primary N) is 2. The van der Waals surface area contributed by atoms with Crippen molar-refractivity contribution in [3.63, 3.8) is 0 Å². The van der Waals surface area contributed by atoms with E-state index in [1.54, 1.807) is 26.0 Å². The van der Waals surface area contributed by atoms with Crippen LogP contribution < -0.4 is 27.4 Å². The molecule has 1 unspecified atom stereocenters. The fourth-order valence-corrected chi connectivity index (χ4v) is 2.43. The quantitative estimate of drug-likeness (QED) is 0.241. The molecule has 0 aliphatic rings. The zero-order valence-electron chi connectivity index (χ0n) is 15.9. The molecule has 0 aliphatic heterocycles. The number of rotatable bonds is 10. The summed E-state index contributed by atoms with van der Waals surface area (Å²) in [4.78, 5) is 47.0. The molecule has 0 radical (unpaired) electrons. The van der Waals surface area contributed by atoms with Gasteiger partial charge in [-0.05, 0) is 43.0 Å². The topological polar surface area (TPSA) is 177 Å². The Balaban J connectivity index is 2.73. The number of primary amides is 1. The fraction of sp³-hybridized carbons (Fsp3) is 0.444. The third-order valence-corrected chi connectivity index (χ3v) is 3.99. The minimum absolute atomic E-state index is 0.0953. The zero-order valence-corrected chi connectivity index (χ0v) is 15.9. The molecule has 8 N–H and O–H groups in total. The molecule has 0 saturated carbocycles. The molecule has 1 aromatic carbocycles. The lowest BCUT2D eigenvalue weighted by atomic mass is 10.0. The molecular weight excluding hydrogens is 366 g/mol.